The van der Waals surface area contributed by atoms with E-state index in [1.807, 2.05) is 0 Å². The normalized spacial score (nSPS) is 24.2. The second-order valence-electron chi connectivity index (χ2n) is 6.74. The molecule has 1 aromatic rings. The first-order chi connectivity index (χ1) is 11.8. The van der Waals surface area contributed by atoms with Gasteiger partial charge >= 0.3 is 5.69 Å². The van der Waals surface area contributed by atoms with E-state index in [4.69, 9.17) is 4.74 Å². The zero-order valence-corrected chi connectivity index (χ0v) is 14.7. The second kappa shape index (κ2) is 8.09. The minimum Gasteiger partial charge on any atom is -0.474 e. The topological polar surface area (TPSA) is 98.5 Å². The van der Waals surface area contributed by atoms with Gasteiger partial charge in [0, 0.05) is 17.7 Å². The third-order valence-electron chi connectivity index (χ3n) is 5.02. The third-order valence-corrected chi connectivity index (χ3v) is 5.02. The average Bonchev–Trinajstić information content (AvgIpc) is 2.59. The number of ether oxygens (including phenoxy) is 1. The van der Waals surface area contributed by atoms with Gasteiger partial charge in [-0.2, -0.15) is 0 Å². The van der Waals surface area contributed by atoms with Crippen molar-refractivity contribution in [2.75, 3.05) is 0 Å². The first-order valence-corrected chi connectivity index (χ1v) is 8.54. The molecule has 1 N–H and O–H groups in total. The lowest BCUT2D eigenvalue weighted by atomic mass is 9.78. The Hall–Kier alpha value is -2.44. The quantitative estimate of drug-likeness (QED) is 0.484. The molecule has 2 rings (SSSR count). The van der Waals surface area contributed by atoms with Crippen LogP contribution in [-0.2, 0) is 4.79 Å². The summed E-state index contributed by atoms with van der Waals surface area (Å²) in [4.78, 5) is 33.7. The molecule has 0 aliphatic heterocycles. The molecular formula is C18H24N2O5. The van der Waals surface area contributed by atoms with Gasteiger partial charge in [-0.3, -0.25) is 19.7 Å². The molecule has 0 bridgehead atoms. The number of carbonyl (C=O) groups is 2. The fourth-order valence-corrected chi connectivity index (χ4v) is 3.18. The number of carbonyl (C=O) groups excluding carboxylic acids is 2. The Balaban J connectivity index is 2.06. The van der Waals surface area contributed by atoms with Crippen LogP contribution in [0.15, 0.2) is 18.2 Å². The first kappa shape index (κ1) is 18.9. The van der Waals surface area contributed by atoms with Crippen LogP contribution < -0.4 is 10.1 Å². The Morgan fingerprint density at radius 2 is 2.12 bits per heavy atom. The summed E-state index contributed by atoms with van der Waals surface area (Å²) in [6.07, 6.45) is 2.82. The fraction of sp³-hybridized carbons (Fsp3) is 0.556. The monoisotopic (exact) mass is 348 g/mol. The Bertz CT molecular complexity index is 661. The molecule has 7 heteroatoms. The number of nitro groups is 1. The van der Waals surface area contributed by atoms with Crippen molar-refractivity contribution < 1.29 is 19.2 Å². The highest BCUT2D eigenvalue weighted by Crippen LogP contribution is 2.30. The number of hydrogen-bond acceptors (Lipinski definition) is 5. The third kappa shape index (κ3) is 4.55. The summed E-state index contributed by atoms with van der Waals surface area (Å²) in [5.41, 5.74) is -0.148. The molecule has 1 saturated carbocycles. The largest absolute Gasteiger partial charge is 0.474 e. The highest BCUT2D eigenvalue weighted by atomic mass is 16.6. The van der Waals surface area contributed by atoms with Gasteiger partial charge in [-0.1, -0.05) is 26.7 Å². The van der Waals surface area contributed by atoms with Crippen molar-refractivity contribution in [3.63, 3.8) is 0 Å². The Labute approximate surface area is 146 Å². The number of benzene rings is 1. The van der Waals surface area contributed by atoms with Crippen molar-refractivity contribution >= 4 is 17.9 Å². The van der Waals surface area contributed by atoms with E-state index >= 15 is 0 Å². The highest BCUT2D eigenvalue weighted by Gasteiger charge is 2.30. The molecule has 1 fully saturated rings. The van der Waals surface area contributed by atoms with E-state index in [0.29, 0.717) is 18.1 Å². The van der Waals surface area contributed by atoms with Crippen molar-refractivity contribution in [1.82, 2.24) is 5.32 Å². The number of nitro benzene ring substituents is 1. The van der Waals surface area contributed by atoms with Crippen molar-refractivity contribution in [3.8, 4) is 5.75 Å². The van der Waals surface area contributed by atoms with Crippen LogP contribution in [-0.4, -0.2) is 29.3 Å². The molecular weight excluding hydrogens is 324 g/mol. The number of amides is 1. The molecule has 0 radical (unpaired) electrons. The van der Waals surface area contributed by atoms with Crippen molar-refractivity contribution in [1.29, 1.82) is 0 Å². The van der Waals surface area contributed by atoms with Gasteiger partial charge in [0.05, 0.1) is 4.92 Å². The fourth-order valence-electron chi connectivity index (χ4n) is 3.18. The van der Waals surface area contributed by atoms with Gasteiger partial charge in [-0.15, -0.1) is 0 Å². The highest BCUT2D eigenvalue weighted by molar-refractivity contribution is 5.81. The van der Waals surface area contributed by atoms with E-state index in [-0.39, 0.29) is 28.9 Å². The predicted octanol–water partition coefficient (Wildman–Crippen LogP) is 3.12. The molecule has 1 aromatic carbocycles. The van der Waals surface area contributed by atoms with E-state index in [1.54, 1.807) is 6.92 Å². The summed E-state index contributed by atoms with van der Waals surface area (Å²) in [5, 5.41) is 14.1. The summed E-state index contributed by atoms with van der Waals surface area (Å²) in [6, 6.07) is 3.99. The van der Waals surface area contributed by atoms with Crippen molar-refractivity contribution in [3.05, 3.63) is 33.9 Å². The second-order valence-corrected chi connectivity index (χ2v) is 6.74. The van der Waals surface area contributed by atoms with E-state index in [1.165, 1.54) is 12.1 Å². The summed E-state index contributed by atoms with van der Waals surface area (Å²) in [5.74, 6) is 0.612. The van der Waals surface area contributed by atoms with Crippen LogP contribution in [0.1, 0.15) is 50.4 Å². The number of rotatable bonds is 6. The van der Waals surface area contributed by atoms with Gasteiger partial charge in [-0.25, -0.2) is 0 Å². The maximum Gasteiger partial charge on any atom is 0.311 e. The van der Waals surface area contributed by atoms with Gasteiger partial charge in [0.15, 0.2) is 11.9 Å². The van der Waals surface area contributed by atoms with Crippen molar-refractivity contribution in [2.24, 2.45) is 11.8 Å². The molecule has 0 aromatic heterocycles. The van der Waals surface area contributed by atoms with Crippen LogP contribution in [0.5, 0.6) is 5.75 Å². The summed E-state index contributed by atoms with van der Waals surface area (Å²) < 4.78 is 5.50. The van der Waals surface area contributed by atoms with E-state index in [0.717, 1.165) is 25.3 Å². The molecule has 7 nitrogen and oxygen atoms in total. The number of aldehydes is 1. The van der Waals surface area contributed by atoms with E-state index < -0.39 is 11.0 Å². The zero-order chi connectivity index (χ0) is 18.6. The van der Waals surface area contributed by atoms with Crippen LogP contribution in [0.2, 0.25) is 0 Å². The minimum absolute atomic E-state index is 0.0247. The summed E-state index contributed by atoms with van der Waals surface area (Å²) in [7, 11) is 0. The standard InChI is InChI=1S/C18H24N2O5/c1-11-5-4-6-15(12(11)2)19-18(22)13(3)25-17-8-7-14(10-21)9-16(17)20(23)24/h7-13,15H,4-6H2,1-3H3,(H,19,22)/t11-,12-,13-,15-/m1/s1. The van der Waals surface area contributed by atoms with Crippen LogP contribution >= 0.6 is 0 Å². The van der Waals surface area contributed by atoms with Gasteiger partial charge in [0.1, 0.15) is 6.29 Å². The van der Waals surface area contributed by atoms with Gasteiger partial charge in [0.25, 0.3) is 5.91 Å². The van der Waals surface area contributed by atoms with Crippen LogP contribution in [0, 0.1) is 22.0 Å². The molecule has 1 amide bonds. The predicted molar refractivity (Wildman–Crippen MR) is 92.7 cm³/mol. The molecule has 0 unspecified atom stereocenters. The molecule has 0 heterocycles. The van der Waals surface area contributed by atoms with Crippen LogP contribution in [0.25, 0.3) is 0 Å². The molecule has 1 aliphatic rings. The smallest absolute Gasteiger partial charge is 0.311 e. The molecule has 25 heavy (non-hydrogen) atoms. The maximum atomic E-state index is 12.4. The SMILES string of the molecule is C[C@@H]1[C@H](C)CCC[C@H]1NC(=O)[C@@H](C)Oc1ccc(C=O)cc1[N+](=O)[O-]. The Morgan fingerprint density at radius 3 is 2.76 bits per heavy atom. The summed E-state index contributed by atoms with van der Waals surface area (Å²) in [6.45, 7) is 5.87. The minimum atomic E-state index is -0.870. The Morgan fingerprint density at radius 1 is 1.40 bits per heavy atom. The molecule has 0 saturated heterocycles. The summed E-state index contributed by atoms with van der Waals surface area (Å²) >= 11 is 0. The maximum absolute atomic E-state index is 12.4. The number of hydrogen-bond donors (Lipinski definition) is 1. The molecule has 0 spiro atoms. The van der Waals surface area contributed by atoms with Crippen LogP contribution in [0.4, 0.5) is 5.69 Å². The lowest BCUT2D eigenvalue weighted by molar-refractivity contribution is -0.386. The zero-order valence-electron chi connectivity index (χ0n) is 14.7. The van der Waals surface area contributed by atoms with E-state index in [9.17, 15) is 19.7 Å². The number of nitrogens with one attached hydrogen (secondary N) is 1. The first-order valence-electron chi connectivity index (χ1n) is 8.54. The van der Waals surface area contributed by atoms with Crippen LogP contribution in [0.3, 0.4) is 0 Å². The Kier molecular flexibility index (Phi) is 6.12. The molecule has 4 atom stereocenters. The molecule has 136 valence electrons. The van der Waals surface area contributed by atoms with Gasteiger partial charge < -0.3 is 10.1 Å². The van der Waals surface area contributed by atoms with Gasteiger partial charge in [0.2, 0.25) is 0 Å². The number of nitrogens with zero attached hydrogens (tertiary/aromatic N) is 1. The van der Waals surface area contributed by atoms with Crippen molar-refractivity contribution in [2.45, 2.75) is 52.2 Å². The van der Waals surface area contributed by atoms with Gasteiger partial charge in [-0.05, 0) is 37.3 Å². The lowest BCUT2D eigenvalue weighted by Gasteiger charge is -2.35. The van der Waals surface area contributed by atoms with E-state index in [2.05, 4.69) is 19.2 Å². The lowest BCUT2D eigenvalue weighted by Crippen LogP contribution is -2.48. The average molecular weight is 348 g/mol. The molecule has 1 aliphatic carbocycles.